The second-order valence-corrected chi connectivity index (χ2v) is 11.3. The quantitative estimate of drug-likeness (QED) is 0.453. The third-order valence-electron chi connectivity index (χ3n) is 6.72. The molecule has 1 unspecified atom stereocenters. The first-order chi connectivity index (χ1) is 16.9. The average molecular weight is 500 g/mol. The molecule has 1 aliphatic rings. The van der Waals surface area contributed by atoms with Gasteiger partial charge in [-0.15, -0.1) is 0 Å². The summed E-state index contributed by atoms with van der Waals surface area (Å²) in [5, 5.41) is 3.14. The Labute approximate surface area is 206 Å². The van der Waals surface area contributed by atoms with Crippen LogP contribution in [0.4, 0.5) is 0 Å². The maximum absolute atomic E-state index is 13.1. The van der Waals surface area contributed by atoms with Crippen LogP contribution in [0.15, 0.2) is 58.1 Å². The minimum atomic E-state index is -3.44. The Bertz CT molecular complexity index is 1200. The Balaban J connectivity index is 1.32. The van der Waals surface area contributed by atoms with E-state index in [4.69, 9.17) is 9.15 Å². The van der Waals surface area contributed by atoms with Crippen LogP contribution in [0.25, 0.3) is 11.0 Å². The second-order valence-electron chi connectivity index (χ2n) is 8.97. The van der Waals surface area contributed by atoms with Crippen molar-refractivity contribution in [3.63, 3.8) is 0 Å². The predicted molar refractivity (Wildman–Crippen MR) is 134 cm³/mol. The molecule has 3 aromatic rings. The number of fused-ring (bicyclic) bond motifs is 1. The minimum Gasteiger partial charge on any atom is -0.449 e. The Morgan fingerprint density at radius 1 is 1.20 bits per heavy atom. The van der Waals surface area contributed by atoms with Crippen molar-refractivity contribution in [3.8, 4) is 0 Å². The van der Waals surface area contributed by atoms with E-state index in [1.54, 1.807) is 55.7 Å². The van der Waals surface area contributed by atoms with Gasteiger partial charge in [-0.05, 0) is 69.1 Å². The molecule has 0 spiro atoms. The molecule has 4 rings (SSSR count). The number of amides is 1. The standard InChI is InChI=1S/C26H33N3O5S/c1-3-29(22-10-14-33-15-11-22)13-9-19(2)35(31,32)23-6-4-20(5-7-23)17-28-26(30)24-16-21-8-12-27-18-25(21)34-24/h4-8,12,16,18-19,22H,3,9-11,13-15,17H2,1-2H3,(H,28,30). The molecule has 35 heavy (non-hydrogen) atoms. The maximum Gasteiger partial charge on any atom is 0.287 e. The van der Waals surface area contributed by atoms with Gasteiger partial charge in [0.1, 0.15) is 0 Å². The van der Waals surface area contributed by atoms with Crippen LogP contribution in [0.3, 0.4) is 0 Å². The highest BCUT2D eigenvalue weighted by atomic mass is 32.2. The normalized spacial score (nSPS) is 16.0. The summed E-state index contributed by atoms with van der Waals surface area (Å²) in [6.07, 6.45) is 5.79. The van der Waals surface area contributed by atoms with Crippen LogP contribution in [0.1, 0.15) is 49.2 Å². The van der Waals surface area contributed by atoms with Gasteiger partial charge in [-0.2, -0.15) is 0 Å². The highest BCUT2D eigenvalue weighted by molar-refractivity contribution is 7.92. The summed E-state index contributed by atoms with van der Waals surface area (Å²) >= 11 is 0. The molecule has 3 heterocycles. The number of sulfone groups is 1. The first kappa shape index (κ1) is 25.3. The third-order valence-corrected chi connectivity index (χ3v) is 8.94. The molecule has 0 aliphatic carbocycles. The molecule has 0 bridgehead atoms. The van der Waals surface area contributed by atoms with Crippen LogP contribution >= 0.6 is 0 Å². The van der Waals surface area contributed by atoms with Gasteiger partial charge < -0.3 is 19.4 Å². The average Bonchev–Trinajstić information content (AvgIpc) is 3.33. The number of benzene rings is 1. The van der Waals surface area contributed by atoms with E-state index in [9.17, 15) is 13.2 Å². The van der Waals surface area contributed by atoms with Gasteiger partial charge in [0.05, 0.1) is 16.3 Å². The van der Waals surface area contributed by atoms with Gasteiger partial charge >= 0.3 is 0 Å². The molecule has 1 aliphatic heterocycles. The smallest absolute Gasteiger partial charge is 0.287 e. The largest absolute Gasteiger partial charge is 0.449 e. The number of nitrogens with zero attached hydrogens (tertiary/aromatic N) is 2. The third kappa shape index (κ3) is 6.09. The zero-order valence-corrected chi connectivity index (χ0v) is 21.1. The lowest BCUT2D eigenvalue weighted by molar-refractivity contribution is 0.0355. The van der Waals surface area contributed by atoms with Crippen molar-refractivity contribution in [2.75, 3.05) is 26.3 Å². The van der Waals surface area contributed by atoms with Crippen LogP contribution < -0.4 is 5.32 Å². The monoisotopic (exact) mass is 499 g/mol. The zero-order chi connectivity index (χ0) is 24.8. The lowest BCUT2D eigenvalue weighted by Crippen LogP contribution is -2.41. The van der Waals surface area contributed by atoms with Gasteiger partial charge in [-0.1, -0.05) is 19.1 Å². The molecule has 9 heteroatoms. The molecule has 1 aromatic carbocycles. The highest BCUT2D eigenvalue weighted by Gasteiger charge is 2.26. The fraction of sp³-hybridized carbons (Fsp3) is 0.462. The van der Waals surface area contributed by atoms with Gasteiger partial charge in [0, 0.05) is 37.4 Å². The van der Waals surface area contributed by atoms with E-state index in [0.717, 1.165) is 50.1 Å². The summed E-state index contributed by atoms with van der Waals surface area (Å²) in [4.78, 5) is 19.1. The first-order valence-corrected chi connectivity index (χ1v) is 13.7. The SMILES string of the molecule is CCN(CCC(C)S(=O)(=O)c1ccc(CNC(=O)c2cc3ccncc3o2)cc1)C1CCOCC1. The fourth-order valence-corrected chi connectivity index (χ4v) is 5.84. The molecule has 188 valence electrons. The van der Waals surface area contributed by atoms with E-state index in [1.807, 2.05) is 0 Å². The molecule has 1 amide bonds. The summed E-state index contributed by atoms with van der Waals surface area (Å²) in [6.45, 7) is 7.38. The zero-order valence-electron chi connectivity index (χ0n) is 20.3. The van der Waals surface area contributed by atoms with Crippen molar-refractivity contribution < 1.29 is 22.4 Å². The van der Waals surface area contributed by atoms with Gasteiger partial charge in [0.2, 0.25) is 0 Å². The summed E-state index contributed by atoms with van der Waals surface area (Å²) in [6, 6.07) is 10.6. The fourth-order valence-electron chi connectivity index (χ4n) is 4.45. The molecule has 8 nitrogen and oxygen atoms in total. The maximum atomic E-state index is 13.1. The van der Waals surface area contributed by atoms with E-state index in [0.29, 0.717) is 22.9 Å². The number of hydrogen-bond donors (Lipinski definition) is 1. The number of hydrogen-bond acceptors (Lipinski definition) is 7. The van der Waals surface area contributed by atoms with Crippen molar-refractivity contribution in [1.82, 2.24) is 15.2 Å². The predicted octanol–water partition coefficient (Wildman–Crippen LogP) is 3.81. The lowest BCUT2D eigenvalue weighted by Gasteiger charge is -2.34. The molecular weight excluding hydrogens is 466 g/mol. The van der Waals surface area contributed by atoms with Crippen molar-refractivity contribution in [1.29, 1.82) is 0 Å². The Morgan fingerprint density at radius 3 is 2.63 bits per heavy atom. The molecule has 1 N–H and O–H groups in total. The number of aromatic nitrogens is 1. The molecule has 0 radical (unpaired) electrons. The van der Waals surface area contributed by atoms with Crippen molar-refractivity contribution >= 4 is 26.7 Å². The number of pyridine rings is 1. The molecular formula is C26H33N3O5S. The minimum absolute atomic E-state index is 0.211. The molecule has 2 aromatic heterocycles. The van der Waals surface area contributed by atoms with Crippen LogP contribution in [0, 0.1) is 0 Å². The van der Waals surface area contributed by atoms with E-state index in [-0.39, 0.29) is 18.2 Å². The number of carbonyl (C=O) groups is 1. The van der Waals surface area contributed by atoms with E-state index in [1.165, 1.54) is 0 Å². The van der Waals surface area contributed by atoms with E-state index < -0.39 is 15.1 Å². The number of carbonyl (C=O) groups excluding carboxylic acids is 1. The van der Waals surface area contributed by atoms with Gasteiger partial charge in [-0.3, -0.25) is 9.78 Å². The van der Waals surface area contributed by atoms with Crippen molar-refractivity contribution in [2.24, 2.45) is 0 Å². The molecule has 1 atom stereocenters. The summed E-state index contributed by atoms with van der Waals surface area (Å²) in [7, 11) is -3.44. The topological polar surface area (TPSA) is 102 Å². The van der Waals surface area contributed by atoms with Crippen molar-refractivity contribution in [3.05, 3.63) is 60.1 Å². The van der Waals surface area contributed by atoms with Crippen LogP contribution in [0.5, 0.6) is 0 Å². The summed E-state index contributed by atoms with van der Waals surface area (Å²) < 4.78 is 37.2. The van der Waals surface area contributed by atoms with Crippen molar-refractivity contribution in [2.45, 2.75) is 55.8 Å². The van der Waals surface area contributed by atoms with Gasteiger partial charge in [0.15, 0.2) is 21.2 Å². The van der Waals surface area contributed by atoms with E-state index >= 15 is 0 Å². The molecule has 1 fully saturated rings. The summed E-state index contributed by atoms with van der Waals surface area (Å²) in [5.74, 6) is -0.126. The first-order valence-electron chi connectivity index (χ1n) is 12.1. The Kier molecular flexibility index (Phi) is 8.20. The summed E-state index contributed by atoms with van der Waals surface area (Å²) in [5.41, 5.74) is 1.36. The molecule has 1 saturated heterocycles. The number of ether oxygens (including phenoxy) is 1. The van der Waals surface area contributed by atoms with Gasteiger partial charge in [0.25, 0.3) is 5.91 Å². The van der Waals surface area contributed by atoms with Gasteiger partial charge in [-0.25, -0.2) is 8.42 Å². The van der Waals surface area contributed by atoms with Crippen LogP contribution in [-0.2, 0) is 21.1 Å². The second kappa shape index (κ2) is 11.3. The molecule has 0 saturated carbocycles. The Hall–Kier alpha value is -2.75. The lowest BCUT2D eigenvalue weighted by atomic mass is 10.1. The number of nitrogens with one attached hydrogen (secondary N) is 1. The number of rotatable bonds is 10. The van der Waals surface area contributed by atoms with Crippen LogP contribution in [0.2, 0.25) is 0 Å². The van der Waals surface area contributed by atoms with E-state index in [2.05, 4.69) is 22.1 Å². The van der Waals surface area contributed by atoms with Crippen LogP contribution in [-0.4, -0.2) is 61.8 Å². The number of furan rings is 1. The highest BCUT2D eigenvalue weighted by Crippen LogP contribution is 2.22. The Morgan fingerprint density at radius 2 is 1.94 bits per heavy atom.